The highest BCUT2D eigenvalue weighted by molar-refractivity contribution is 5.92. The van der Waals surface area contributed by atoms with Gasteiger partial charge in [0.25, 0.3) is 0 Å². The number of anilines is 2. The number of fused-ring (bicyclic) bond motifs is 1. The van der Waals surface area contributed by atoms with Gasteiger partial charge in [-0.1, -0.05) is 30.3 Å². The summed E-state index contributed by atoms with van der Waals surface area (Å²) in [4.78, 5) is 12.1. The standard InChI is InChI=1S/C19H16N4O/c1-24-15-9-5-6-13(10-15)17-11-16-18(20-12-21-19(16)23-17)22-14-7-3-2-4-8-14/h2-12H,1H3,(H2,20,21,22,23). The van der Waals surface area contributed by atoms with Gasteiger partial charge in [-0.15, -0.1) is 0 Å². The molecule has 24 heavy (non-hydrogen) atoms. The van der Waals surface area contributed by atoms with Crippen LogP contribution in [0.4, 0.5) is 11.5 Å². The quantitative estimate of drug-likeness (QED) is 0.586. The van der Waals surface area contributed by atoms with Gasteiger partial charge in [-0.25, -0.2) is 9.97 Å². The highest BCUT2D eigenvalue weighted by Gasteiger charge is 2.10. The molecular formula is C19H16N4O. The van der Waals surface area contributed by atoms with E-state index in [4.69, 9.17) is 4.74 Å². The number of ether oxygens (including phenoxy) is 1. The minimum atomic E-state index is 0.775. The molecule has 2 aromatic heterocycles. The Labute approximate surface area is 139 Å². The van der Waals surface area contributed by atoms with Crippen LogP contribution in [0.3, 0.4) is 0 Å². The number of para-hydroxylation sites is 1. The molecule has 2 N–H and O–H groups in total. The Balaban J connectivity index is 1.76. The van der Waals surface area contributed by atoms with Crippen LogP contribution in [0.1, 0.15) is 0 Å². The lowest BCUT2D eigenvalue weighted by atomic mass is 10.1. The molecule has 4 rings (SSSR count). The molecule has 2 aromatic carbocycles. The summed E-state index contributed by atoms with van der Waals surface area (Å²) >= 11 is 0. The molecule has 0 aliphatic heterocycles. The number of nitrogens with zero attached hydrogens (tertiary/aromatic N) is 2. The summed E-state index contributed by atoms with van der Waals surface area (Å²) in [6.45, 7) is 0. The molecule has 0 unspecified atom stereocenters. The number of nitrogens with one attached hydrogen (secondary N) is 2. The van der Waals surface area contributed by atoms with Crippen LogP contribution in [0.25, 0.3) is 22.3 Å². The summed E-state index contributed by atoms with van der Waals surface area (Å²) in [7, 11) is 1.66. The third kappa shape index (κ3) is 2.67. The van der Waals surface area contributed by atoms with Crippen molar-refractivity contribution in [2.24, 2.45) is 0 Å². The predicted octanol–water partition coefficient (Wildman–Crippen LogP) is 4.38. The van der Waals surface area contributed by atoms with E-state index < -0.39 is 0 Å². The Morgan fingerprint density at radius 2 is 1.83 bits per heavy atom. The van der Waals surface area contributed by atoms with Crippen molar-refractivity contribution in [2.75, 3.05) is 12.4 Å². The highest BCUT2D eigenvalue weighted by atomic mass is 16.5. The van der Waals surface area contributed by atoms with Gasteiger partial charge < -0.3 is 15.0 Å². The van der Waals surface area contributed by atoms with Crippen LogP contribution < -0.4 is 10.1 Å². The number of aromatic amines is 1. The molecule has 0 saturated heterocycles. The summed E-state index contributed by atoms with van der Waals surface area (Å²) in [6.07, 6.45) is 1.56. The van der Waals surface area contributed by atoms with Gasteiger partial charge in [-0.05, 0) is 30.3 Å². The van der Waals surface area contributed by atoms with E-state index in [1.54, 1.807) is 13.4 Å². The molecule has 4 aromatic rings. The Bertz CT molecular complexity index is 979. The summed E-state index contributed by atoms with van der Waals surface area (Å²) < 4.78 is 5.30. The van der Waals surface area contributed by atoms with Crippen molar-refractivity contribution < 1.29 is 4.74 Å². The molecule has 0 atom stereocenters. The van der Waals surface area contributed by atoms with Crippen molar-refractivity contribution in [1.82, 2.24) is 15.0 Å². The number of rotatable bonds is 4. The number of hydrogen-bond acceptors (Lipinski definition) is 4. The van der Waals surface area contributed by atoms with Gasteiger partial charge in [0.2, 0.25) is 0 Å². The largest absolute Gasteiger partial charge is 0.497 e. The maximum absolute atomic E-state index is 5.30. The lowest BCUT2D eigenvalue weighted by molar-refractivity contribution is 0.415. The topological polar surface area (TPSA) is 62.8 Å². The van der Waals surface area contributed by atoms with Crippen molar-refractivity contribution in [2.45, 2.75) is 0 Å². The number of aromatic nitrogens is 3. The smallest absolute Gasteiger partial charge is 0.143 e. The molecule has 5 nitrogen and oxygen atoms in total. The minimum Gasteiger partial charge on any atom is -0.497 e. The number of methoxy groups -OCH3 is 1. The Morgan fingerprint density at radius 3 is 2.67 bits per heavy atom. The molecule has 5 heteroatoms. The van der Waals surface area contributed by atoms with Gasteiger partial charge in [-0.2, -0.15) is 0 Å². The number of H-pyrrole nitrogens is 1. The average Bonchev–Trinajstić information content (AvgIpc) is 3.08. The first-order valence-corrected chi connectivity index (χ1v) is 7.64. The van der Waals surface area contributed by atoms with Crippen LogP contribution in [-0.4, -0.2) is 22.1 Å². The van der Waals surface area contributed by atoms with Gasteiger partial charge in [0.15, 0.2) is 0 Å². The fourth-order valence-corrected chi connectivity index (χ4v) is 2.64. The molecular weight excluding hydrogens is 300 g/mol. The van der Waals surface area contributed by atoms with Crippen LogP contribution >= 0.6 is 0 Å². The van der Waals surface area contributed by atoms with Crippen molar-refractivity contribution in [3.8, 4) is 17.0 Å². The molecule has 0 bridgehead atoms. The van der Waals surface area contributed by atoms with Gasteiger partial charge in [0.1, 0.15) is 23.5 Å². The van der Waals surface area contributed by atoms with E-state index >= 15 is 0 Å². The molecule has 0 radical (unpaired) electrons. The molecule has 2 heterocycles. The van der Waals surface area contributed by atoms with Gasteiger partial charge >= 0.3 is 0 Å². The first kappa shape index (κ1) is 14.3. The SMILES string of the molecule is COc1cccc(-c2cc3c(Nc4ccccc4)ncnc3[nH]2)c1. The zero-order valence-electron chi connectivity index (χ0n) is 13.2. The molecule has 0 saturated carbocycles. The van der Waals surface area contributed by atoms with E-state index in [-0.39, 0.29) is 0 Å². The zero-order valence-corrected chi connectivity index (χ0v) is 13.2. The van der Waals surface area contributed by atoms with Gasteiger partial charge in [0, 0.05) is 16.9 Å². The average molecular weight is 316 g/mol. The number of hydrogen-bond donors (Lipinski definition) is 2. The van der Waals surface area contributed by atoms with E-state index in [0.29, 0.717) is 0 Å². The summed E-state index contributed by atoms with van der Waals surface area (Å²) in [5.74, 6) is 1.59. The first-order chi connectivity index (χ1) is 11.8. The van der Waals surface area contributed by atoms with Crippen LogP contribution in [-0.2, 0) is 0 Å². The van der Waals surface area contributed by atoms with Gasteiger partial charge in [-0.3, -0.25) is 0 Å². The second-order valence-electron chi connectivity index (χ2n) is 5.39. The van der Waals surface area contributed by atoms with Crippen LogP contribution in [0.2, 0.25) is 0 Å². The van der Waals surface area contributed by atoms with E-state index in [1.165, 1.54) is 0 Å². The third-order valence-corrected chi connectivity index (χ3v) is 3.84. The molecule has 0 aliphatic carbocycles. The summed E-state index contributed by atoms with van der Waals surface area (Å²) in [5, 5.41) is 4.28. The monoisotopic (exact) mass is 316 g/mol. The first-order valence-electron chi connectivity index (χ1n) is 7.64. The lowest BCUT2D eigenvalue weighted by Gasteiger charge is -2.05. The Kier molecular flexibility index (Phi) is 3.59. The fourth-order valence-electron chi connectivity index (χ4n) is 2.64. The van der Waals surface area contributed by atoms with Crippen molar-refractivity contribution in [3.05, 3.63) is 67.0 Å². The van der Waals surface area contributed by atoms with Crippen LogP contribution in [0.5, 0.6) is 5.75 Å². The maximum Gasteiger partial charge on any atom is 0.143 e. The Hall–Kier alpha value is -3.34. The van der Waals surface area contributed by atoms with E-state index in [2.05, 4.69) is 26.3 Å². The highest BCUT2D eigenvalue weighted by Crippen LogP contribution is 2.29. The second-order valence-corrected chi connectivity index (χ2v) is 5.39. The second kappa shape index (κ2) is 6.04. The lowest BCUT2D eigenvalue weighted by Crippen LogP contribution is -1.94. The van der Waals surface area contributed by atoms with Crippen LogP contribution in [0.15, 0.2) is 67.0 Å². The minimum absolute atomic E-state index is 0.775. The predicted molar refractivity (Wildman–Crippen MR) is 95.6 cm³/mol. The molecule has 0 amide bonds. The maximum atomic E-state index is 5.30. The van der Waals surface area contributed by atoms with Gasteiger partial charge in [0.05, 0.1) is 12.5 Å². The van der Waals surface area contributed by atoms with Crippen molar-refractivity contribution in [1.29, 1.82) is 0 Å². The van der Waals surface area contributed by atoms with E-state index in [1.807, 2.05) is 54.6 Å². The van der Waals surface area contributed by atoms with Crippen molar-refractivity contribution in [3.63, 3.8) is 0 Å². The van der Waals surface area contributed by atoms with E-state index in [9.17, 15) is 0 Å². The molecule has 0 spiro atoms. The molecule has 0 aliphatic rings. The third-order valence-electron chi connectivity index (χ3n) is 3.84. The molecule has 118 valence electrons. The normalized spacial score (nSPS) is 10.7. The zero-order chi connectivity index (χ0) is 16.4. The molecule has 0 fully saturated rings. The summed E-state index contributed by atoms with van der Waals surface area (Å²) in [5.41, 5.74) is 3.79. The van der Waals surface area contributed by atoms with Crippen molar-refractivity contribution >= 4 is 22.5 Å². The van der Waals surface area contributed by atoms with E-state index in [0.717, 1.165) is 39.5 Å². The number of benzene rings is 2. The Morgan fingerprint density at radius 1 is 0.958 bits per heavy atom. The van der Waals surface area contributed by atoms with Crippen LogP contribution in [0, 0.1) is 0 Å². The summed E-state index contributed by atoms with van der Waals surface area (Å²) in [6, 6.07) is 19.9. The fraction of sp³-hybridized carbons (Fsp3) is 0.0526.